The van der Waals surface area contributed by atoms with Crippen LogP contribution in [0.3, 0.4) is 0 Å². The summed E-state index contributed by atoms with van der Waals surface area (Å²) in [5.74, 6) is 0.597. The molecule has 28 heavy (non-hydrogen) atoms. The van der Waals surface area contributed by atoms with Gasteiger partial charge in [0.2, 0.25) is 5.91 Å². The van der Waals surface area contributed by atoms with E-state index in [4.69, 9.17) is 0 Å². The van der Waals surface area contributed by atoms with Crippen molar-refractivity contribution >= 4 is 22.8 Å². The summed E-state index contributed by atoms with van der Waals surface area (Å²) in [6.45, 7) is 6.07. The van der Waals surface area contributed by atoms with Crippen LogP contribution < -0.4 is 10.6 Å². The second-order valence-electron chi connectivity index (χ2n) is 7.44. The molecule has 1 heterocycles. The molecule has 0 fully saturated rings. The molecule has 146 valence electrons. The number of rotatable bonds is 7. The Balaban J connectivity index is 1.64. The van der Waals surface area contributed by atoms with E-state index in [0.717, 1.165) is 28.8 Å². The number of benzene rings is 2. The zero-order valence-electron chi connectivity index (χ0n) is 16.5. The van der Waals surface area contributed by atoms with Gasteiger partial charge < -0.3 is 15.6 Å². The second kappa shape index (κ2) is 8.69. The number of carbonyl (C=O) groups is 2. The highest BCUT2D eigenvalue weighted by Gasteiger charge is 2.20. The highest BCUT2D eigenvalue weighted by Crippen LogP contribution is 2.21. The van der Waals surface area contributed by atoms with Crippen LogP contribution >= 0.6 is 0 Å². The van der Waals surface area contributed by atoms with Crippen LogP contribution in [0.5, 0.6) is 0 Å². The van der Waals surface area contributed by atoms with E-state index in [9.17, 15) is 9.59 Å². The van der Waals surface area contributed by atoms with E-state index < -0.39 is 0 Å². The van der Waals surface area contributed by atoms with Gasteiger partial charge in [-0.05, 0) is 43.5 Å². The Bertz CT molecular complexity index is 927. The van der Waals surface area contributed by atoms with Crippen LogP contribution in [-0.2, 0) is 4.79 Å². The van der Waals surface area contributed by atoms with Gasteiger partial charge in [0.25, 0.3) is 5.91 Å². The van der Waals surface area contributed by atoms with E-state index in [1.54, 1.807) is 12.1 Å². The molecule has 0 unspecified atom stereocenters. The molecule has 6 heteroatoms. The van der Waals surface area contributed by atoms with E-state index in [2.05, 4.69) is 34.4 Å². The van der Waals surface area contributed by atoms with Crippen molar-refractivity contribution in [2.45, 2.75) is 33.2 Å². The third-order valence-corrected chi connectivity index (χ3v) is 4.50. The third kappa shape index (κ3) is 4.97. The molecule has 0 bridgehead atoms. The predicted molar refractivity (Wildman–Crippen MR) is 110 cm³/mol. The lowest BCUT2D eigenvalue weighted by Crippen LogP contribution is -2.39. The number of imidazole rings is 1. The average molecular weight is 378 g/mol. The summed E-state index contributed by atoms with van der Waals surface area (Å²) < 4.78 is 0. The normalized spacial score (nSPS) is 12.1. The fourth-order valence-electron chi connectivity index (χ4n) is 3.06. The maximum Gasteiger partial charge on any atom is 0.251 e. The van der Waals surface area contributed by atoms with Gasteiger partial charge in [-0.1, -0.05) is 43.7 Å². The quantitative estimate of drug-likeness (QED) is 0.588. The van der Waals surface area contributed by atoms with Gasteiger partial charge in [0.05, 0.1) is 23.6 Å². The molecular formula is C22H26N4O2. The Kier molecular flexibility index (Phi) is 6.09. The predicted octanol–water partition coefficient (Wildman–Crippen LogP) is 3.50. The zero-order chi connectivity index (χ0) is 20.1. The summed E-state index contributed by atoms with van der Waals surface area (Å²) in [7, 11) is 0. The maximum absolute atomic E-state index is 12.4. The molecule has 0 aliphatic rings. The lowest BCUT2D eigenvalue weighted by atomic mass is 10.0. The lowest BCUT2D eigenvalue weighted by Gasteiger charge is -2.19. The molecular weight excluding hydrogens is 352 g/mol. The molecule has 0 radical (unpaired) electrons. The van der Waals surface area contributed by atoms with Crippen LogP contribution in [0, 0.1) is 12.8 Å². The zero-order valence-corrected chi connectivity index (χ0v) is 16.5. The largest absolute Gasteiger partial charge is 0.345 e. The van der Waals surface area contributed by atoms with Crippen molar-refractivity contribution in [2.75, 3.05) is 6.54 Å². The summed E-state index contributed by atoms with van der Waals surface area (Å²) in [6, 6.07) is 14.8. The fourth-order valence-corrected chi connectivity index (χ4v) is 3.06. The fraction of sp³-hybridized carbons (Fsp3) is 0.318. The molecule has 2 aromatic carbocycles. The van der Waals surface area contributed by atoms with Gasteiger partial charge in [-0.3, -0.25) is 9.59 Å². The number of aromatic amines is 1. The van der Waals surface area contributed by atoms with Crippen LogP contribution in [0.15, 0.2) is 48.5 Å². The Morgan fingerprint density at radius 1 is 1.07 bits per heavy atom. The van der Waals surface area contributed by atoms with Crippen LogP contribution in [0.2, 0.25) is 0 Å². The number of H-pyrrole nitrogens is 1. The minimum Gasteiger partial charge on any atom is -0.345 e. The van der Waals surface area contributed by atoms with Gasteiger partial charge in [0.1, 0.15) is 5.82 Å². The summed E-state index contributed by atoms with van der Waals surface area (Å²) in [6.07, 6.45) is 0.747. The Labute approximate surface area is 164 Å². The second-order valence-corrected chi connectivity index (χ2v) is 7.44. The SMILES string of the molecule is Cc1ccc(C(=O)NCC(=O)N[C@@H](CC(C)C)c2nc3ccccc3[nH]2)cc1. The number of nitrogens with one attached hydrogen (secondary N) is 3. The Morgan fingerprint density at radius 3 is 2.46 bits per heavy atom. The maximum atomic E-state index is 12.4. The van der Waals surface area contributed by atoms with Crippen molar-refractivity contribution in [3.05, 3.63) is 65.5 Å². The number of carbonyl (C=O) groups excluding carboxylic acids is 2. The summed E-state index contributed by atoms with van der Waals surface area (Å²) in [4.78, 5) is 32.5. The minimum atomic E-state index is -0.265. The lowest BCUT2D eigenvalue weighted by molar-refractivity contribution is -0.121. The van der Waals surface area contributed by atoms with Crippen molar-refractivity contribution in [2.24, 2.45) is 5.92 Å². The number of aryl methyl sites for hydroxylation is 1. The van der Waals surface area contributed by atoms with Gasteiger partial charge >= 0.3 is 0 Å². The molecule has 6 nitrogen and oxygen atoms in total. The molecule has 0 aliphatic carbocycles. The molecule has 1 atom stereocenters. The molecule has 3 N–H and O–H groups in total. The number of nitrogens with zero attached hydrogens (tertiary/aromatic N) is 1. The highest BCUT2D eigenvalue weighted by atomic mass is 16.2. The van der Waals surface area contributed by atoms with Gasteiger partial charge in [-0.15, -0.1) is 0 Å². The molecule has 0 saturated carbocycles. The number of aromatic nitrogens is 2. The number of hydrogen-bond donors (Lipinski definition) is 3. The third-order valence-electron chi connectivity index (χ3n) is 4.50. The van der Waals surface area contributed by atoms with E-state index in [1.807, 2.05) is 43.3 Å². The van der Waals surface area contributed by atoms with Crippen molar-refractivity contribution in [3.63, 3.8) is 0 Å². The van der Waals surface area contributed by atoms with Gasteiger partial charge in [0, 0.05) is 5.56 Å². The van der Waals surface area contributed by atoms with Gasteiger partial charge in [-0.2, -0.15) is 0 Å². The molecule has 0 saturated heterocycles. The van der Waals surface area contributed by atoms with E-state index in [0.29, 0.717) is 11.5 Å². The standard InChI is InChI=1S/C22H26N4O2/c1-14(2)12-19(21-25-17-6-4-5-7-18(17)26-21)24-20(27)13-23-22(28)16-10-8-15(3)9-11-16/h4-11,14,19H,12-13H2,1-3H3,(H,23,28)(H,24,27)(H,25,26)/t19-/m0/s1. The minimum absolute atomic E-state index is 0.0818. The van der Waals surface area contributed by atoms with Crippen molar-refractivity contribution in [3.8, 4) is 0 Å². The first-order valence-electron chi connectivity index (χ1n) is 9.51. The van der Waals surface area contributed by atoms with Gasteiger partial charge in [0.15, 0.2) is 0 Å². The smallest absolute Gasteiger partial charge is 0.251 e. The van der Waals surface area contributed by atoms with Crippen LogP contribution in [0.1, 0.15) is 48.1 Å². The number of fused-ring (bicyclic) bond motifs is 1. The first-order chi connectivity index (χ1) is 13.4. The topological polar surface area (TPSA) is 86.9 Å². The Morgan fingerprint density at radius 2 is 1.79 bits per heavy atom. The Hall–Kier alpha value is -3.15. The number of para-hydroxylation sites is 2. The van der Waals surface area contributed by atoms with Gasteiger partial charge in [-0.25, -0.2) is 4.98 Å². The van der Waals surface area contributed by atoms with Crippen LogP contribution in [-0.4, -0.2) is 28.3 Å². The summed E-state index contributed by atoms with van der Waals surface area (Å²) in [5, 5.41) is 5.67. The molecule has 0 spiro atoms. The monoisotopic (exact) mass is 378 g/mol. The summed E-state index contributed by atoms with van der Waals surface area (Å²) >= 11 is 0. The van der Waals surface area contributed by atoms with E-state index >= 15 is 0 Å². The first-order valence-corrected chi connectivity index (χ1v) is 9.51. The molecule has 1 aromatic heterocycles. The van der Waals surface area contributed by atoms with Crippen molar-refractivity contribution in [1.82, 2.24) is 20.6 Å². The highest BCUT2D eigenvalue weighted by molar-refractivity contribution is 5.96. The number of hydrogen-bond acceptors (Lipinski definition) is 3. The molecule has 3 rings (SSSR count). The number of amides is 2. The molecule has 2 amide bonds. The van der Waals surface area contributed by atoms with Crippen LogP contribution in [0.4, 0.5) is 0 Å². The molecule has 0 aliphatic heterocycles. The summed E-state index contributed by atoms with van der Waals surface area (Å²) in [5.41, 5.74) is 3.42. The van der Waals surface area contributed by atoms with Crippen molar-refractivity contribution in [1.29, 1.82) is 0 Å². The van der Waals surface area contributed by atoms with Crippen molar-refractivity contribution < 1.29 is 9.59 Å². The molecule has 3 aromatic rings. The van der Waals surface area contributed by atoms with E-state index in [-0.39, 0.29) is 24.4 Å². The first kappa shape index (κ1) is 19.6. The van der Waals surface area contributed by atoms with E-state index in [1.165, 1.54) is 0 Å². The average Bonchev–Trinajstić information content (AvgIpc) is 3.10. The van der Waals surface area contributed by atoms with Crippen LogP contribution in [0.25, 0.3) is 11.0 Å².